The maximum atomic E-state index is 12.7. The number of benzene rings is 2. The highest BCUT2D eigenvalue weighted by Gasteiger charge is 2.30. The van der Waals surface area contributed by atoms with Crippen LogP contribution in [0.3, 0.4) is 0 Å². The molecule has 3 aromatic rings. The van der Waals surface area contributed by atoms with E-state index in [-0.39, 0.29) is 24.8 Å². The van der Waals surface area contributed by atoms with E-state index in [1.165, 1.54) is 18.3 Å². The summed E-state index contributed by atoms with van der Waals surface area (Å²) in [5.74, 6) is 5.12. The Balaban J connectivity index is 1.51. The Morgan fingerprint density at radius 1 is 1.13 bits per heavy atom. The summed E-state index contributed by atoms with van der Waals surface area (Å²) >= 11 is 0. The predicted octanol–water partition coefficient (Wildman–Crippen LogP) is 4.01. The van der Waals surface area contributed by atoms with Gasteiger partial charge in [0.1, 0.15) is 12.4 Å². The van der Waals surface area contributed by atoms with Gasteiger partial charge in [-0.3, -0.25) is 4.79 Å². The Labute approximate surface area is 171 Å². The van der Waals surface area contributed by atoms with Crippen LogP contribution in [0.1, 0.15) is 21.6 Å². The third-order valence-electron chi connectivity index (χ3n) is 4.19. The molecule has 1 heterocycles. The molecule has 0 bridgehead atoms. The number of hydrogen-bond acceptors (Lipinski definition) is 3. The highest BCUT2D eigenvalue weighted by atomic mass is 19.4. The summed E-state index contributed by atoms with van der Waals surface area (Å²) in [5, 5.41) is 6.90. The van der Waals surface area contributed by atoms with Gasteiger partial charge < -0.3 is 10.1 Å². The number of amides is 1. The molecular formula is C22H18F3N3O2. The molecule has 0 saturated heterocycles. The molecule has 0 unspecified atom stereocenters. The van der Waals surface area contributed by atoms with Gasteiger partial charge in [0, 0.05) is 0 Å². The SMILES string of the molecule is Cc1c(C(=O)NCC#CCOc2cccc(C(F)(F)F)c2)cnn1-c1ccccc1. The molecule has 0 aliphatic rings. The number of rotatable bonds is 5. The number of ether oxygens (including phenoxy) is 1. The van der Waals surface area contributed by atoms with Gasteiger partial charge in [-0.1, -0.05) is 36.1 Å². The lowest BCUT2D eigenvalue weighted by atomic mass is 10.2. The van der Waals surface area contributed by atoms with Gasteiger partial charge in [0.05, 0.1) is 35.2 Å². The first kappa shape index (κ1) is 21.0. The van der Waals surface area contributed by atoms with E-state index in [0.717, 1.165) is 17.8 Å². The van der Waals surface area contributed by atoms with Crippen molar-refractivity contribution in [2.45, 2.75) is 13.1 Å². The number of halogens is 3. The summed E-state index contributed by atoms with van der Waals surface area (Å²) in [6.07, 6.45) is -2.94. The third-order valence-corrected chi connectivity index (χ3v) is 4.19. The summed E-state index contributed by atoms with van der Waals surface area (Å²) in [6, 6.07) is 14.0. The van der Waals surface area contributed by atoms with Gasteiger partial charge in [0.2, 0.25) is 0 Å². The van der Waals surface area contributed by atoms with Crippen LogP contribution in [0.15, 0.2) is 60.8 Å². The maximum absolute atomic E-state index is 12.7. The van der Waals surface area contributed by atoms with Crippen molar-refractivity contribution in [1.82, 2.24) is 15.1 Å². The molecule has 30 heavy (non-hydrogen) atoms. The zero-order chi connectivity index (χ0) is 21.6. The highest BCUT2D eigenvalue weighted by molar-refractivity contribution is 5.95. The van der Waals surface area contributed by atoms with E-state index >= 15 is 0 Å². The van der Waals surface area contributed by atoms with Crippen molar-refractivity contribution in [2.24, 2.45) is 0 Å². The average molecular weight is 413 g/mol. The van der Waals surface area contributed by atoms with Gasteiger partial charge >= 0.3 is 6.18 Å². The van der Waals surface area contributed by atoms with Crippen molar-refractivity contribution in [3.8, 4) is 23.3 Å². The first-order valence-electron chi connectivity index (χ1n) is 9.00. The molecule has 1 aromatic heterocycles. The van der Waals surface area contributed by atoms with Crippen LogP contribution in [0.4, 0.5) is 13.2 Å². The molecule has 1 N–H and O–H groups in total. The van der Waals surface area contributed by atoms with Gasteiger partial charge in [-0.15, -0.1) is 0 Å². The minimum absolute atomic E-state index is 0.0702. The van der Waals surface area contributed by atoms with Crippen molar-refractivity contribution < 1.29 is 22.7 Å². The predicted molar refractivity (Wildman–Crippen MR) is 105 cm³/mol. The molecule has 0 spiro atoms. The van der Waals surface area contributed by atoms with Crippen molar-refractivity contribution in [2.75, 3.05) is 13.2 Å². The zero-order valence-electron chi connectivity index (χ0n) is 16.0. The third kappa shape index (κ3) is 5.20. The van der Waals surface area contributed by atoms with E-state index in [1.807, 2.05) is 30.3 Å². The summed E-state index contributed by atoms with van der Waals surface area (Å²) in [5.41, 5.74) is 1.19. The number of aromatic nitrogens is 2. The van der Waals surface area contributed by atoms with Gasteiger partial charge in [0.15, 0.2) is 0 Å². The Hall–Kier alpha value is -3.73. The van der Waals surface area contributed by atoms with Crippen LogP contribution >= 0.6 is 0 Å². The lowest BCUT2D eigenvalue weighted by Crippen LogP contribution is -2.24. The van der Waals surface area contributed by atoms with Crippen molar-refractivity contribution in [3.05, 3.63) is 77.6 Å². The Kier molecular flexibility index (Phi) is 6.42. The summed E-state index contributed by atoms with van der Waals surface area (Å²) in [7, 11) is 0. The quantitative estimate of drug-likeness (QED) is 0.643. The second kappa shape index (κ2) is 9.18. The smallest absolute Gasteiger partial charge is 0.416 e. The van der Waals surface area contributed by atoms with Crippen LogP contribution < -0.4 is 10.1 Å². The zero-order valence-corrected chi connectivity index (χ0v) is 16.0. The molecule has 0 radical (unpaired) electrons. The van der Waals surface area contributed by atoms with Crippen LogP contribution in [0.25, 0.3) is 5.69 Å². The molecule has 0 aliphatic carbocycles. The van der Waals surface area contributed by atoms with Crippen molar-refractivity contribution in [3.63, 3.8) is 0 Å². The normalized spacial score (nSPS) is 10.8. The monoisotopic (exact) mass is 413 g/mol. The van der Waals surface area contributed by atoms with E-state index in [2.05, 4.69) is 22.3 Å². The minimum Gasteiger partial charge on any atom is -0.481 e. The number of hydrogen-bond donors (Lipinski definition) is 1. The Morgan fingerprint density at radius 3 is 2.63 bits per heavy atom. The van der Waals surface area contributed by atoms with Crippen LogP contribution in [0, 0.1) is 18.8 Å². The van der Waals surface area contributed by atoms with Crippen LogP contribution in [0.5, 0.6) is 5.75 Å². The first-order chi connectivity index (χ1) is 14.4. The highest BCUT2D eigenvalue weighted by Crippen LogP contribution is 2.31. The lowest BCUT2D eigenvalue weighted by molar-refractivity contribution is -0.137. The maximum Gasteiger partial charge on any atom is 0.416 e. The number of carbonyl (C=O) groups excluding carboxylic acids is 1. The van der Waals surface area contributed by atoms with Gasteiger partial charge in [-0.25, -0.2) is 4.68 Å². The van der Waals surface area contributed by atoms with Crippen molar-refractivity contribution in [1.29, 1.82) is 0 Å². The number of para-hydroxylation sites is 1. The molecule has 0 saturated carbocycles. The van der Waals surface area contributed by atoms with Crippen molar-refractivity contribution >= 4 is 5.91 Å². The van der Waals surface area contributed by atoms with E-state index in [0.29, 0.717) is 11.3 Å². The molecule has 8 heteroatoms. The summed E-state index contributed by atoms with van der Waals surface area (Å²) < 4.78 is 44.9. The Bertz CT molecular complexity index is 1080. The largest absolute Gasteiger partial charge is 0.481 e. The standard InChI is InChI=1S/C22H18F3N3O2/c1-16-20(15-27-28(16)18-9-3-2-4-10-18)21(29)26-12-5-6-13-30-19-11-7-8-17(14-19)22(23,24)25/h2-4,7-11,14-15H,12-13H2,1H3,(H,26,29). The van der Waals surface area contributed by atoms with Gasteiger partial charge in [-0.05, 0) is 37.3 Å². The molecule has 0 atom stereocenters. The first-order valence-corrected chi connectivity index (χ1v) is 9.00. The average Bonchev–Trinajstić information content (AvgIpc) is 3.12. The Morgan fingerprint density at radius 2 is 1.90 bits per heavy atom. The molecule has 154 valence electrons. The fourth-order valence-corrected chi connectivity index (χ4v) is 2.68. The second-order valence-corrected chi connectivity index (χ2v) is 6.24. The summed E-state index contributed by atoms with van der Waals surface area (Å²) in [4.78, 5) is 12.3. The van der Waals surface area contributed by atoms with E-state index in [9.17, 15) is 18.0 Å². The molecule has 2 aromatic carbocycles. The molecular weight excluding hydrogens is 395 g/mol. The van der Waals surface area contributed by atoms with Crippen LogP contribution in [-0.2, 0) is 6.18 Å². The summed E-state index contributed by atoms with van der Waals surface area (Å²) in [6.45, 7) is 1.77. The minimum atomic E-state index is -4.43. The van der Waals surface area contributed by atoms with E-state index < -0.39 is 11.7 Å². The second-order valence-electron chi connectivity index (χ2n) is 6.24. The number of carbonyl (C=O) groups is 1. The molecule has 3 rings (SSSR count). The molecule has 1 amide bonds. The van der Waals surface area contributed by atoms with Gasteiger partial charge in [-0.2, -0.15) is 18.3 Å². The number of nitrogens with one attached hydrogen (secondary N) is 1. The molecule has 5 nitrogen and oxygen atoms in total. The molecule has 0 fully saturated rings. The fraction of sp³-hybridized carbons (Fsp3) is 0.182. The number of nitrogens with zero attached hydrogens (tertiary/aromatic N) is 2. The van der Waals surface area contributed by atoms with E-state index in [4.69, 9.17) is 4.74 Å². The van der Waals surface area contributed by atoms with Crippen LogP contribution in [-0.4, -0.2) is 28.8 Å². The number of alkyl halides is 3. The van der Waals surface area contributed by atoms with E-state index in [1.54, 1.807) is 11.6 Å². The molecule has 0 aliphatic heterocycles. The fourth-order valence-electron chi connectivity index (χ4n) is 2.68. The lowest BCUT2D eigenvalue weighted by Gasteiger charge is -2.08. The van der Waals surface area contributed by atoms with Crippen LogP contribution in [0.2, 0.25) is 0 Å². The topological polar surface area (TPSA) is 56.1 Å². The van der Waals surface area contributed by atoms with Gasteiger partial charge in [0.25, 0.3) is 5.91 Å².